The van der Waals surface area contributed by atoms with E-state index >= 15 is 0 Å². The third-order valence-electron chi connectivity index (χ3n) is 28.9. The van der Waals surface area contributed by atoms with Gasteiger partial charge in [0.25, 0.3) is 0 Å². The molecule has 30 aromatic rings. The summed E-state index contributed by atoms with van der Waals surface area (Å²) < 4.78 is 14.6. The molecule has 9 aromatic heterocycles. The molecule has 0 atom stereocenters. The molecule has 0 aliphatic carbocycles. The molecule has 0 saturated heterocycles. The molecule has 0 spiro atoms. The van der Waals surface area contributed by atoms with Gasteiger partial charge in [-0.3, -0.25) is 13.7 Å². The molecule has 12 heteroatoms. The number of thiazole rings is 3. The van der Waals surface area contributed by atoms with Gasteiger partial charge in [0.05, 0.1) is 84.8 Å². The highest BCUT2D eigenvalue weighted by Crippen LogP contribution is 2.51. The van der Waals surface area contributed by atoms with E-state index in [0.29, 0.717) is 0 Å². The van der Waals surface area contributed by atoms with Crippen molar-refractivity contribution in [3.05, 3.63) is 528 Å². The van der Waals surface area contributed by atoms with Crippen molar-refractivity contribution in [3.63, 3.8) is 0 Å². The lowest BCUT2D eigenvalue weighted by Gasteiger charge is -2.11. The van der Waals surface area contributed by atoms with Gasteiger partial charge in [0.2, 0.25) is 0 Å². The second-order valence-electron chi connectivity index (χ2n) is 37.3. The Bertz CT molecular complexity index is 10200. The summed E-state index contributed by atoms with van der Waals surface area (Å²) in [6.45, 7) is 0. The van der Waals surface area contributed by atoms with Crippen LogP contribution in [-0.4, -0.2) is 42.4 Å². The van der Waals surface area contributed by atoms with Crippen molar-refractivity contribution >= 4 is 165 Å². The van der Waals surface area contributed by atoms with Crippen LogP contribution < -0.4 is 0 Å². The summed E-state index contributed by atoms with van der Waals surface area (Å²) in [7, 11) is 0. The summed E-state index contributed by atoms with van der Waals surface area (Å²) in [5.74, 6) is 0. The van der Waals surface area contributed by atoms with Gasteiger partial charge in [-0.1, -0.05) is 410 Å². The SMILES string of the molecule is c1ccc(-c2ccc3c(c2)c2c4c5cc(-c6ccccc6)ccc5n(-c5cnc(-c6ccccc6)s5)c4ccc2n3-c2ccccc2)cc1.c1ccc(-c2ccc3c(c2)c2cc4c5cc(-c6ccccc6)ccc5n(-c5cnc(-c6ccccc6)s5)c4cc2n3-c2ccccc2)cc1.c1ccc(-c2ccc3c(c2)c2ccc4c5cc(-c6ccccc6)ccc5n(-c5cnc(-c6ccccc6)s5)c4c2n3-c2ccccc2)cc1. The van der Waals surface area contributed by atoms with E-state index in [1.54, 1.807) is 34.0 Å². The van der Waals surface area contributed by atoms with Crippen LogP contribution in [0.3, 0.4) is 0 Å². The van der Waals surface area contributed by atoms with Crippen molar-refractivity contribution in [3.8, 4) is 131 Å². The average molecular weight is 1930 g/mol. The molecule has 690 valence electrons. The lowest BCUT2D eigenvalue weighted by Crippen LogP contribution is -1.97. The number of fused-ring (bicyclic) bond motifs is 20. The molecule has 0 amide bonds. The van der Waals surface area contributed by atoms with Crippen molar-refractivity contribution in [1.29, 1.82) is 0 Å². The molecule has 0 fully saturated rings. The number of benzene rings is 21. The Labute approximate surface area is 859 Å². The number of rotatable bonds is 15. The molecule has 30 rings (SSSR count). The number of para-hydroxylation sites is 3. The van der Waals surface area contributed by atoms with Gasteiger partial charge in [0, 0.05) is 98.4 Å². The van der Waals surface area contributed by atoms with E-state index < -0.39 is 0 Å². The van der Waals surface area contributed by atoms with Gasteiger partial charge in [0.1, 0.15) is 30.0 Å². The monoisotopic (exact) mass is 1930 g/mol. The summed E-state index contributed by atoms with van der Waals surface area (Å²) >= 11 is 5.19. The number of nitrogens with zero attached hydrogens (tertiary/aromatic N) is 9. The Hall–Kier alpha value is -18.7. The van der Waals surface area contributed by atoms with Crippen LogP contribution in [0.15, 0.2) is 528 Å². The molecule has 9 nitrogen and oxygen atoms in total. The van der Waals surface area contributed by atoms with Gasteiger partial charge >= 0.3 is 0 Å². The minimum Gasteiger partial charge on any atom is -0.309 e. The summed E-state index contributed by atoms with van der Waals surface area (Å²) in [4.78, 5) is 14.8. The van der Waals surface area contributed by atoms with E-state index in [1.807, 2.05) is 18.6 Å². The standard InChI is InChI=1S/3C45H29N3S/c1-5-13-30(14-6-1)33-21-25-40-38(27-33)36-23-24-37-39-28-34(31-15-7-2-8-16-31)22-26-41(39)48(42-29-46-45(49-42)32-17-9-3-10-18-32)44(37)43(36)47(40)35-19-11-4-12-20-35;1-5-13-30(14-6-1)33-21-23-40-36(25-33)38-27-39-37-26-34(31-15-7-2-8-16-31)22-24-41(37)48(44-29-46-45(49-44)32-17-9-3-10-18-32)43(39)28-42(38)47(40)35-19-11-4-12-20-35;1-5-13-30(14-6-1)33-21-23-38-36(27-33)43-40(47(38)35-19-11-4-12-20-35)25-26-41-44(43)37-28-34(31-15-7-2-8-16-31)22-24-39(37)48(41)42-29-46-45(49-42)32-17-9-3-10-18-32/h3*1-29H. The second kappa shape index (κ2) is 36.4. The fourth-order valence-corrected chi connectivity index (χ4v) is 25.0. The van der Waals surface area contributed by atoms with Crippen molar-refractivity contribution in [2.45, 2.75) is 0 Å². The fourth-order valence-electron chi connectivity index (χ4n) is 22.1. The van der Waals surface area contributed by atoms with Crippen LogP contribution in [0.25, 0.3) is 261 Å². The first-order chi connectivity index (χ1) is 72.9. The van der Waals surface area contributed by atoms with Gasteiger partial charge in [-0.15, -0.1) is 0 Å². The maximum absolute atomic E-state index is 4.96. The second-order valence-corrected chi connectivity index (χ2v) is 40.3. The van der Waals surface area contributed by atoms with Crippen LogP contribution in [0, 0.1) is 0 Å². The molecular weight excluding hydrogens is 1840 g/mol. The Morgan fingerprint density at radius 1 is 0.136 bits per heavy atom. The third kappa shape index (κ3) is 15.1. The predicted molar refractivity (Wildman–Crippen MR) is 621 cm³/mol. The van der Waals surface area contributed by atoms with Crippen LogP contribution in [0.2, 0.25) is 0 Å². The van der Waals surface area contributed by atoms with E-state index in [9.17, 15) is 0 Å². The van der Waals surface area contributed by atoms with Crippen molar-refractivity contribution in [1.82, 2.24) is 42.4 Å². The van der Waals surface area contributed by atoms with Crippen LogP contribution in [-0.2, 0) is 0 Å². The van der Waals surface area contributed by atoms with Crippen molar-refractivity contribution in [2.24, 2.45) is 0 Å². The third-order valence-corrected chi connectivity index (χ3v) is 31.9. The highest BCUT2D eigenvalue weighted by Gasteiger charge is 2.29. The maximum atomic E-state index is 4.96. The fraction of sp³-hybridized carbons (Fsp3) is 0. The van der Waals surface area contributed by atoms with E-state index in [0.717, 1.165) is 63.8 Å². The van der Waals surface area contributed by atoms with E-state index in [2.05, 4.69) is 537 Å². The molecule has 0 unspecified atom stereocenters. The van der Waals surface area contributed by atoms with Gasteiger partial charge in [-0.25, -0.2) is 15.0 Å². The predicted octanol–water partition coefficient (Wildman–Crippen LogP) is 37.0. The largest absolute Gasteiger partial charge is 0.309 e. The number of hydrogen-bond donors (Lipinski definition) is 0. The normalized spacial score (nSPS) is 11.7. The first-order valence-corrected chi connectivity index (χ1v) is 52.1. The molecule has 147 heavy (non-hydrogen) atoms. The highest BCUT2D eigenvalue weighted by atomic mass is 32.1. The first-order valence-electron chi connectivity index (χ1n) is 49.6. The van der Waals surface area contributed by atoms with E-state index in [1.165, 1.54) is 198 Å². The molecular formula is C135H87N9S3. The Morgan fingerprint density at radius 2 is 0.347 bits per heavy atom. The summed E-state index contributed by atoms with van der Waals surface area (Å²) in [6.07, 6.45) is 6.10. The number of hydrogen-bond acceptors (Lipinski definition) is 6. The maximum Gasteiger partial charge on any atom is 0.125 e. The molecule has 21 aromatic carbocycles. The zero-order valence-corrected chi connectivity index (χ0v) is 81.9. The average Bonchev–Trinajstić information content (AvgIpc) is 1.55. The molecule has 9 heterocycles. The van der Waals surface area contributed by atoms with Crippen LogP contribution >= 0.6 is 34.0 Å². The molecule has 0 aliphatic rings. The summed E-state index contributed by atoms with van der Waals surface area (Å²) in [5, 5.41) is 21.2. The minimum atomic E-state index is 1.01. The van der Waals surface area contributed by atoms with E-state index in [-0.39, 0.29) is 0 Å². The zero-order chi connectivity index (χ0) is 96.9. The van der Waals surface area contributed by atoms with Crippen molar-refractivity contribution in [2.75, 3.05) is 0 Å². The summed E-state index contributed by atoms with van der Waals surface area (Å²) in [5.41, 5.74) is 35.5. The van der Waals surface area contributed by atoms with Gasteiger partial charge in [0.15, 0.2) is 0 Å². The van der Waals surface area contributed by atoms with Crippen LogP contribution in [0.4, 0.5) is 0 Å². The quantitative estimate of drug-likeness (QED) is 0.103. The molecule has 0 N–H and O–H groups in total. The van der Waals surface area contributed by atoms with Crippen LogP contribution in [0.5, 0.6) is 0 Å². The molecule has 0 saturated carbocycles. The van der Waals surface area contributed by atoms with Gasteiger partial charge in [-0.05, 0) is 200 Å². The molecule has 0 aliphatic heterocycles. The Kier molecular flexibility index (Phi) is 21.3. The minimum absolute atomic E-state index is 1.01. The number of aromatic nitrogens is 9. The lowest BCUT2D eigenvalue weighted by atomic mass is 9.99. The Morgan fingerprint density at radius 3 is 0.680 bits per heavy atom. The zero-order valence-electron chi connectivity index (χ0n) is 79.5. The smallest absolute Gasteiger partial charge is 0.125 e. The van der Waals surface area contributed by atoms with Crippen LogP contribution in [0.1, 0.15) is 0 Å². The topological polar surface area (TPSA) is 68.2 Å². The van der Waals surface area contributed by atoms with E-state index in [4.69, 9.17) is 15.0 Å². The molecule has 0 radical (unpaired) electrons. The lowest BCUT2D eigenvalue weighted by molar-refractivity contribution is 1.16. The highest BCUT2D eigenvalue weighted by molar-refractivity contribution is 7.18. The van der Waals surface area contributed by atoms with Gasteiger partial charge < -0.3 is 13.7 Å². The molecule has 0 bridgehead atoms. The first kappa shape index (κ1) is 86.2. The van der Waals surface area contributed by atoms with Gasteiger partial charge in [-0.2, -0.15) is 0 Å². The van der Waals surface area contributed by atoms with Crippen molar-refractivity contribution < 1.29 is 0 Å². The Balaban J connectivity index is 0.000000107. The summed E-state index contributed by atoms with van der Waals surface area (Å²) in [6, 6.07) is 183.